The normalized spacial score (nSPS) is 12.6. The van der Waals surface area contributed by atoms with E-state index in [1.54, 1.807) is 48.2 Å². The lowest BCUT2D eigenvalue weighted by atomic mass is 10.0. The van der Waals surface area contributed by atoms with E-state index in [4.69, 9.17) is 11.6 Å². The van der Waals surface area contributed by atoms with Crippen molar-refractivity contribution in [2.45, 2.75) is 99.0 Å². The van der Waals surface area contributed by atoms with Crippen LogP contribution in [0.5, 0.6) is 5.75 Å². The molecule has 0 aromatic heterocycles. The summed E-state index contributed by atoms with van der Waals surface area (Å²) in [6, 6.07) is 47.5. The van der Waals surface area contributed by atoms with Gasteiger partial charge in [0, 0.05) is 5.02 Å². The largest absolute Gasteiger partial charge is 0.573 e. The second-order valence-corrected chi connectivity index (χ2v) is 17.2. The highest BCUT2D eigenvalue weighted by atomic mass is 35.5. The lowest BCUT2D eigenvalue weighted by Crippen LogP contribution is -2.16. The molecule has 3 aliphatic rings. The van der Waals surface area contributed by atoms with Crippen LogP contribution in [-0.4, -0.2) is 6.36 Å². The Kier molecular flexibility index (Phi) is 18.1. The smallest absolute Gasteiger partial charge is 0.406 e. The van der Waals surface area contributed by atoms with Crippen molar-refractivity contribution in [3.63, 3.8) is 0 Å². The molecule has 0 spiro atoms. The summed E-state index contributed by atoms with van der Waals surface area (Å²) in [6.07, 6.45) is 0.215. The molecule has 0 bridgehead atoms. The molecule has 0 atom stereocenters. The average Bonchev–Trinajstić information content (AvgIpc) is 4.01. The fraction of sp³-hybridized carbons (Fsp3) is 0.263. The molecule has 0 fully saturated rings. The van der Waals surface area contributed by atoms with Gasteiger partial charge in [0.05, 0.1) is 5.56 Å². The van der Waals surface area contributed by atoms with Crippen LogP contribution in [0.4, 0.5) is 26.3 Å². The van der Waals surface area contributed by atoms with Crippen molar-refractivity contribution in [2.24, 2.45) is 0 Å². The average molecular weight is 908 g/mol. The van der Waals surface area contributed by atoms with Crippen LogP contribution >= 0.6 is 11.6 Å². The molecule has 0 N–H and O–H groups in total. The molecule has 0 amide bonds. The number of aryl methyl sites for hydroxylation is 10. The summed E-state index contributed by atoms with van der Waals surface area (Å²) in [5, 5.41) is 0.801. The minimum Gasteiger partial charge on any atom is -0.406 e. The lowest BCUT2D eigenvalue weighted by molar-refractivity contribution is -0.274. The molecule has 0 radical (unpaired) electrons. The fourth-order valence-corrected chi connectivity index (χ4v) is 7.82. The molecule has 3 aliphatic carbocycles. The summed E-state index contributed by atoms with van der Waals surface area (Å²) < 4.78 is 74.3. The number of halogens is 7. The molecule has 7 aromatic carbocycles. The number of ether oxygens (including phenoxy) is 1. The molecule has 8 heteroatoms. The van der Waals surface area contributed by atoms with E-state index in [9.17, 15) is 26.3 Å². The van der Waals surface area contributed by atoms with Crippen molar-refractivity contribution in [3.8, 4) is 16.9 Å². The van der Waals surface area contributed by atoms with Gasteiger partial charge in [-0.25, -0.2) is 0 Å². The third-order valence-electron chi connectivity index (χ3n) is 11.1. The van der Waals surface area contributed by atoms with Crippen LogP contribution in [0.3, 0.4) is 0 Å². The number of rotatable bonds is 1. The molecule has 0 saturated heterocycles. The summed E-state index contributed by atoms with van der Waals surface area (Å²) in [7, 11) is 0. The van der Waals surface area contributed by atoms with Crippen LogP contribution in [0.15, 0.2) is 152 Å². The zero-order chi connectivity index (χ0) is 47.1. The van der Waals surface area contributed by atoms with Crippen molar-refractivity contribution >= 4 is 11.6 Å². The van der Waals surface area contributed by atoms with Crippen molar-refractivity contribution in [1.29, 1.82) is 0 Å². The maximum absolute atomic E-state index is 11.9. The topological polar surface area (TPSA) is 9.23 Å². The Bertz CT molecular complexity index is 2500. The van der Waals surface area contributed by atoms with E-state index >= 15 is 0 Å². The molecule has 340 valence electrons. The Morgan fingerprint density at radius 3 is 1.28 bits per heavy atom. The zero-order valence-corrected chi connectivity index (χ0v) is 38.7. The lowest BCUT2D eigenvalue weighted by Gasteiger charge is -2.08. The Morgan fingerprint density at radius 2 is 0.800 bits per heavy atom. The number of benzene rings is 7. The van der Waals surface area contributed by atoms with Crippen LogP contribution in [0.1, 0.15) is 85.2 Å². The zero-order valence-electron chi connectivity index (χ0n) is 37.9. The van der Waals surface area contributed by atoms with Crippen LogP contribution in [-0.2, 0) is 38.3 Å². The molecule has 1 nitrogen and oxygen atoms in total. The van der Waals surface area contributed by atoms with Gasteiger partial charge >= 0.3 is 12.5 Å². The van der Waals surface area contributed by atoms with Gasteiger partial charge in [0.25, 0.3) is 0 Å². The Hall–Kier alpha value is -5.79. The van der Waals surface area contributed by atoms with Gasteiger partial charge in [0.15, 0.2) is 0 Å². The second kappa shape index (κ2) is 23.4. The molecule has 0 aliphatic heterocycles. The van der Waals surface area contributed by atoms with E-state index < -0.39 is 18.1 Å². The molecular formula is C57H57ClF6O. The molecule has 65 heavy (non-hydrogen) atoms. The number of alkyl halides is 6. The first-order valence-electron chi connectivity index (χ1n) is 21.9. The SMILES string of the molecule is Cc1ccc(C(F)(F)F)cc1.Cc1ccc(Cl)cc1.Cc1ccc(OC(F)(F)F)cc1.Cc1ccc2c(c1)CCC2.Cc1ccc2c(c1)CCC2.Cc1ccc2c(c1)Cc1ccccc1-2. The van der Waals surface area contributed by atoms with Crippen LogP contribution < -0.4 is 4.74 Å². The Balaban J connectivity index is 0.000000148. The highest BCUT2D eigenvalue weighted by Gasteiger charge is 2.31. The highest BCUT2D eigenvalue weighted by molar-refractivity contribution is 6.30. The standard InChI is InChI=1S/C14H12.2C10H12.C8H7F3O.C8H7F3.C7H7Cl/c1-10-6-7-14-12(8-10)9-11-4-2-3-5-13(11)14;2*1-8-5-6-9-3-2-4-10(9)7-8;1-6-2-4-7(5-3-6)12-8(9,10)11;1-6-2-4-7(5-3-6)8(9,10)11;1-6-2-4-7(8)5-3-6/h2-8H,9H2,1H3;2*5-7H,2-4H2,1H3;2-5H,1H3;2-5H,1H3;2-5H,1H3. The van der Waals surface area contributed by atoms with Crippen LogP contribution in [0, 0.1) is 41.5 Å². The summed E-state index contributed by atoms with van der Waals surface area (Å²) in [5.41, 5.74) is 18.6. The third kappa shape index (κ3) is 16.6. The van der Waals surface area contributed by atoms with Gasteiger partial charge in [0.2, 0.25) is 0 Å². The van der Waals surface area contributed by atoms with Gasteiger partial charge in [-0.1, -0.05) is 160 Å². The van der Waals surface area contributed by atoms with Crippen LogP contribution in [0.25, 0.3) is 11.1 Å². The van der Waals surface area contributed by atoms with Gasteiger partial charge in [-0.2, -0.15) is 13.2 Å². The molecular weight excluding hydrogens is 850 g/mol. The minimum atomic E-state index is -4.60. The molecule has 7 aromatic rings. The van der Waals surface area contributed by atoms with Crippen LogP contribution in [0.2, 0.25) is 5.02 Å². The maximum Gasteiger partial charge on any atom is 0.573 e. The van der Waals surface area contributed by atoms with E-state index in [1.165, 1.54) is 107 Å². The van der Waals surface area contributed by atoms with Crippen molar-refractivity contribution in [2.75, 3.05) is 0 Å². The van der Waals surface area contributed by atoms with E-state index in [-0.39, 0.29) is 5.75 Å². The van der Waals surface area contributed by atoms with Crippen molar-refractivity contribution < 1.29 is 31.1 Å². The van der Waals surface area contributed by atoms with Gasteiger partial charge in [-0.05, 0) is 167 Å². The minimum absolute atomic E-state index is 0.187. The summed E-state index contributed by atoms with van der Waals surface area (Å²) in [4.78, 5) is 0. The monoisotopic (exact) mass is 906 g/mol. The van der Waals surface area contributed by atoms with E-state index in [0.717, 1.165) is 34.7 Å². The molecule has 0 saturated carbocycles. The molecule has 0 heterocycles. The molecule has 10 rings (SSSR count). The fourth-order valence-electron chi connectivity index (χ4n) is 7.69. The van der Waals surface area contributed by atoms with Crippen molar-refractivity contribution in [1.82, 2.24) is 0 Å². The van der Waals surface area contributed by atoms with Gasteiger partial charge in [0.1, 0.15) is 5.75 Å². The Morgan fingerprint density at radius 1 is 0.400 bits per heavy atom. The predicted molar refractivity (Wildman–Crippen MR) is 256 cm³/mol. The maximum atomic E-state index is 11.9. The first-order chi connectivity index (χ1) is 30.8. The van der Waals surface area contributed by atoms with E-state index in [1.807, 2.05) is 31.2 Å². The van der Waals surface area contributed by atoms with Gasteiger partial charge < -0.3 is 4.74 Å². The number of fused-ring (bicyclic) bond motifs is 5. The first kappa shape index (κ1) is 50.2. The van der Waals surface area contributed by atoms with E-state index in [0.29, 0.717) is 0 Å². The summed E-state index contributed by atoms with van der Waals surface area (Å²) in [6.45, 7) is 12.1. The number of hydrogen-bond acceptors (Lipinski definition) is 1. The van der Waals surface area contributed by atoms with Crippen molar-refractivity contribution in [3.05, 3.63) is 229 Å². The summed E-state index contributed by atoms with van der Waals surface area (Å²) in [5.74, 6) is -0.187. The number of hydrogen-bond donors (Lipinski definition) is 0. The molecule has 0 unspecified atom stereocenters. The van der Waals surface area contributed by atoms with E-state index in [2.05, 4.69) is 104 Å². The van der Waals surface area contributed by atoms with Gasteiger partial charge in [-0.15, -0.1) is 13.2 Å². The highest BCUT2D eigenvalue weighted by Crippen LogP contribution is 2.36. The summed E-state index contributed by atoms with van der Waals surface area (Å²) >= 11 is 5.61. The quantitative estimate of drug-likeness (QED) is 0.149. The Labute approximate surface area is 386 Å². The predicted octanol–water partition coefficient (Wildman–Crippen LogP) is 17.1. The van der Waals surface area contributed by atoms with Gasteiger partial charge in [-0.3, -0.25) is 0 Å². The third-order valence-corrected chi connectivity index (χ3v) is 11.4. The second-order valence-electron chi connectivity index (χ2n) is 16.8. The first-order valence-corrected chi connectivity index (χ1v) is 22.2.